The van der Waals surface area contributed by atoms with Crippen molar-refractivity contribution in [2.75, 3.05) is 39.0 Å². The molecule has 0 saturated heterocycles. The first-order chi connectivity index (χ1) is 18.2. The second-order valence-corrected chi connectivity index (χ2v) is 9.99. The van der Waals surface area contributed by atoms with Gasteiger partial charge in [-0.3, -0.25) is 19.5 Å². The van der Waals surface area contributed by atoms with Crippen LogP contribution in [-0.4, -0.2) is 64.9 Å². The van der Waals surface area contributed by atoms with Crippen molar-refractivity contribution in [2.45, 2.75) is 13.8 Å². The van der Waals surface area contributed by atoms with Gasteiger partial charge in [-0.05, 0) is 52.2 Å². The molecule has 0 bridgehead atoms. The number of carbonyl (C=O) groups excluding carboxylic acids is 2. The Bertz CT molecular complexity index is 1410. The predicted molar refractivity (Wildman–Crippen MR) is 153 cm³/mol. The largest absolute Gasteiger partial charge is 0.328 e. The third kappa shape index (κ3) is 6.68. The molecule has 0 radical (unpaired) electrons. The molecule has 4 rings (SSSR count). The summed E-state index contributed by atoms with van der Waals surface area (Å²) in [4.78, 5) is 34.9. The minimum atomic E-state index is -0.349. The van der Waals surface area contributed by atoms with E-state index in [9.17, 15) is 9.59 Å². The SMILES string of the molecule is Cc1ccc(-c2cn(-c3ccc(C)cc3)c(NC(=O)CN(CCN(C)C)C(=O)c3ccccc3Cl)n2)cc1. The fourth-order valence-electron chi connectivity index (χ4n) is 3.95. The summed E-state index contributed by atoms with van der Waals surface area (Å²) in [7, 11) is 3.84. The minimum Gasteiger partial charge on any atom is -0.328 e. The zero-order valence-electron chi connectivity index (χ0n) is 22.1. The number of likely N-dealkylation sites (N-methyl/N-ethyl adjacent to an activating group) is 1. The molecule has 0 aliphatic heterocycles. The van der Waals surface area contributed by atoms with Gasteiger partial charge in [0, 0.05) is 30.5 Å². The third-order valence-corrected chi connectivity index (χ3v) is 6.49. The summed E-state index contributed by atoms with van der Waals surface area (Å²) in [5.41, 5.74) is 5.20. The highest BCUT2D eigenvalue weighted by molar-refractivity contribution is 6.33. The van der Waals surface area contributed by atoms with E-state index in [2.05, 4.69) is 5.32 Å². The molecule has 0 aliphatic carbocycles. The van der Waals surface area contributed by atoms with E-state index >= 15 is 0 Å². The summed E-state index contributed by atoms with van der Waals surface area (Å²) in [5.74, 6) is -0.263. The lowest BCUT2D eigenvalue weighted by Crippen LogP contribution is -2.42. The molecule has 7 nitrogen and oxygen atoms in total. The molecule has 1 heterocycles. The molecule has 2 amide bonds. The number of rotatable bonds is 9. The molecular weight excluding hydrogens is 498 g/mol. The zero-order valence-corrected chi connectivity index (χ0v) is 22.9. The summed E-state index contributed by atoms with van der Waals surface area (Å²) >= 11 is 6.29. The van der Waals surface area contributed by atoms with Crippen molar-refractivity contribution in [3.63, 3.8) is 0 Å². The van der Waals surface area contributed by atoms with E-state index in [0.29, 0.717) is 29.6 Å². The summed E-state index contributed by atoms with van der Waals surface area (Å²) in [5, 5.41) is 3.29. The zero-order chi connectivity index (χ0) is 27.2. The Morgan fingerprint density at radius 3 is 2.16 bits per heavy atom. The number of nitrogens with zero attached hydrogens (tertiary/aromatic N) is 4. The molecular formula is C30H32ClN5O2. The molecule has 1 aromatic heterocycles. The van der Waals surface area contributed by atoms with E-state index in [1.807, 2.05) is 92.1 Å². The molecule has 196 valence electrons. The average molecular weight is 530 g/mol. The van der Waals surface area contributed by atoms with E-state index in [1.54, 1.807) is 24.3 Å². The molecule has 38 heavy (non-hydrogen) atoms. The topological polar surface area (TPSA) is 70.5 Å². The Labute approximate surface area is 228 Å². The maximum Gasteiger partial charge on any atom is 0.255 e. The van der Waals surface area contributed by atoms with Crippen LogP contribution in [0.1, 0.15) is 21.5 Å². The van der Waals surface area contributed by atoms with Crippen molar-refractivity contribution in [1.82, 2.24) is 19.4 Å². The lowest BCUT2D eigenvalue weighted by atomic mass is 10.1. The maximum atomic E-state index is 13.3. The van der Waals surface area contributed by atoms with Gasteiger partial charge >= 0.3 is 0 Å². The van der Waals surface area contributed by atoms with Crippen LogP contribution in [0.2, 0.25) is 5.02 Å². The number of carbonyl (C=O) groups is 2. The molecule has 3 aromatic carbocycles. The van der Waals surface area contributed by atoms with Crippen molar-refractivity contribution >= 4 is 29.4 Å². The van der Waals surface area contributed by atoms with E-state index in [1.165, 1.54) is 4.90 Å². The Morgan fingerprint density at radius 2 is 1.53 bits per heavy atom. The van der Waals surface area contributed by atoms with Crippen LogP contribution < -0.4 is 5.32 Å². The first-order valence-corrected chi connectivity index (χ1v) is 12.8. The van der Waals surface area contributed by atoms with Crippen LogP contribution in [0, 0.1) is 13.8 Å². The van der Waals surface area contributed by atoms with Crippen molar-refractivity contribution in [2.24, 2.45) is 0 Å². The monoisotopic (exact) mass is 529 g/mol. The molecule has 0 aliphatic rings. The number of aromatic nitrogens is 2. The van der Waals surface area contributed by atoms with Crippen molar-refractivity contribution < 1.29 is 9.59 Å². The number of amides is 2. The quantitative estimate of drug-likeness (QED) is 0.313. The number of imidazole rings is 1. The van der Waals surface area contributed by atoms with Crippen molar-refractivity contribution in [3.05, 3.63) is 101 Å². The number of benzene rings is 3. The fourth-order valence-corrected chi connectivity index (χ4v) is 4.17. The Hall–Kier alpha value is -3.94. The molecule has 0 spiro atoms. The number of hydrogen-bond donors (Lipinski definition) is 1. The van der Waals surface area contributed by atoms with Gasteiger partial charge in [0.05, 0.1) is 16.3 Å². The number of hydrogen-bond acceptors (Lipinski definition) is 4. The predicted octanol–water partition coefficient (Wildman–Crippen LogP) is 5.45. The molecule has 1 N–H and O–H groups in total. The Kier molecular flexibility index (Phi) is 8.61. The van der Waals surface area contributed by atoms with Crippen molar-refractivity contribution in [1.29, 1.82) is 0 Å². The van der Waals surface area contributed by atoms with Gasteiger partial charge in [-0.15, -0.1) is 0 Å². The van der Waals surface area contributed by atoms with Crippen LogP contribution in [0.4, 0.5) is 5.95 Å². The highest BCUT2D eigenvalue weighted by Crippen LogP contribution is 2.25. The van der Waals surface area contributed by atoms with Gasteiger partial charge < -0.3 is 9.80 Å². The number of nitrogens with one attached hydrogen (secondary N) is 1. The molecule has 0 atom stereocenters. The second kappa shape index (κ2) is 12.1. The van der Waals surface area contributed by atoms with Crippen molar-refractivity contribution in [3.8, 4) is 16.9 Å². The first kappa shape index (κ1) is 27.1. The fraction of sp³-hybridized carbons (Fsp3) is 0.233. The smallest absolute Gasteiger partial charge is 0.255 e. The van der Waals surface area contributed by atoms with Gasteiger partial charge in [-0.2, -0.15) is 0 Å². The Morgan fingerprint density at radius 1 is 0.895 bits per heavy atom. The van der Waals surface area contributed by atoms with Gasteiger partial charge in [-0.1, -0.05) is 71.3 Å². The first-order valence-electron chi connectivity index (χ1n) is 12.4. The molecule has 0 saturated carbocycles. The van der Waals surface area contributed by atoms with E-state index in [-0.39, 0.29) is 18.4 Å². The van der Waals surface area contributed by atoms with Gasteiger partial charge in [0.2, 0.25) is 11.9 Å². The van der Waals surface area contributed by atoms with Crippen LogP contribution >= 0.6 is 11.6 Å². The molecule has 0 fully saturated rings. The van der Waals surface area contributed by atoms with E-state index in [4.69, 9.17) is 16.6 Å². The summed E-state index contributed by atoms with van der Waals surface area (Å²) in [6.45, 7) is 4.88. The van der Waals surface area contributed by atoms with Crippen LogP contribution in [0.25, 0.3) is 16.9 Å². The van der Waals surface area contributed by atoms with Crippen LogP contribution in [0.5, 0.6) is 0 Å². The minimum absolute atomic E-state index is 0.140. The molecule has 8 heteroatoms. The van der Waals surface area contributed by atoms with Crippen LogP contribution in [0.3, 0.4) is 0 Å². The summed E-state index contributed by atoms with van der Waals surface area (Å²) in [6, 6.07) is 22.9. The third-order valence-electron chi connectivity index (χ3n) is 6.16. The van der Waals surface area contributed by atoms with E-state index in [0.717, 1.165) is 28.1 Å². The second-order valence-electron chi connectivity index (χ2n) is 9.58. The normalized spacial score (nSPS) is 11.0. The van der Waals surface area contributed by atoms with Crippen LogP contribution in [-0.2, 0) is 4.79 Å². The van der Waals surface area contributed by atoms with Gasteiger partial charge in [0.1, 0.15) is 6.54 Å². The molecule has 4 aromatic rings. The number of halogens is 1. The highest BCUT2D eigenvalue weighted by atomic mass is 35.5. The van der Waals surface area contributed by atoms with Gasteiger partial charge in [0.25, 0.3) is 5.91 Å². The lowest BCUT2D eigenvalue weighted by molar-refractivity contribution is -0.117. The standard InChI is InChI=1S/C30H32ClN5O2/c1-21-9-13-23(14-10-21)27-19-36(24-15-11-22(2)12-16-24)30(32-27)33-28(37)20-35(18-17-34(3)4)29(38)25-7-5-6-8-26(25)31/h5-16,19H,17-18,20H2,1-4H3,(H,32,33,37). The average Bonchev–Trinajstić information content (AvgIpc) is 3.30. The summed E-state index contributed by atoms with van der Waals surface area (Å²) in [6.07, 6.45) is 1.91. The van der Waals surface area contributed by atoms with Crippen LogP contribution in [0.15, 0.2) is 79.0 Å². The number of aryl methyl sites for hydroxylation is 2. The van der Waals surface area contributed by atoms with E-state index < -0.39 is 0 Å². The Balaban J connectivity index is 1.62. The molecule has 0 unspecified atom stereocenters. The lowest BCUT2D eigenvalue weighted by Gasteiger charge is -2.24. The highest BCUT2D eigenvalue weighted by Gasteiger charge is 2.22. The van der Waals surface area contributed by atoms with Gasteiger partial charge in [0.15, 0.2) is 0 Å². The maximum absolute atomic E-state index is 13.3. The summed E-state index contributed by atoms with van der Waals surface area (Å²) < 4.78 is 1.85. The van der Waals surface area contributed by atoms with Gasteiger partial charge in [-0.25, -0.2) is 4.98 Å². The number of anilines is 1.